The Morgan fingerprint density at radius 3 is 1.44 bits per heavy atom. The lowest BCUT2D eigenvalue weighted by Crippen LogP contribution is -2.35. The summed E-state index contributed by atoms with van der Waals surface area (Å²) >= 11 is 0. The largest absolute Gasteiger partial charge is 0.310 e. The van der Waals surface area contributed by atoms with Crippen molar-refractivity contribution in [3.63, 3.8) is 0 Å². The van der Waals surface area contributed by atoms with Crippen molar-refractivity contribution >= 4 is 22.7 Å². The predicted octanol–water partition coefficient (Wildman–Crippen LogP) is 12.6. The van der Waals surface area contributed by atoms with Crippen LogP contribution in [0.3, 0.4) is 0 Å². The van der Waals surface area contributed by atoms with Gasteiger partial charge in [-0.25, -0.2) is 0 Å². The summed E-state index contributed by atoms with van der Waals surface area (Å²) < 4.78 is 0. The fourth-order valence-electron chi connectivity index (χ4n) is 7.88. The average Bonchev–Trinajstić information content (AvgIpc) is 3.12. The molecule has 4 aromatic rings. The highest BCUT2D eigenvalue weighted by Gasteiger charge is 2.42. The van der Waals surface area contributed by atoms with Crippen LogP contribution in [0.25, 0.3) is 0 Å². The second-order valence-electron chi connectivity index (χ2n) is 15.9. The minimum atomic E-state index is 0.0938. The first-order chi connectivity index (χ1) is 24.1. The molecule has 0 radical (unpaired) electrons. The van der Waals surface area contributed by atoms with E-state index in [0.29, 0.717) is 0 Å². The van der Waals surface area contributed by atoms with Crippen LogP contribution in [0.2, 0.25) is 0 Å². The first kappa shape index (κ1) is 31.9. The molecule has 4 aliphatic rings. The third-order valence-corrected chi connectivity index (χ3v) is 10.6. The molecule has 0 saturated heterocycles. The molecule has 0 aliphatic heterocycles. The molecule has 0 aromatic heterocycles. The van der Waals surface area contributed by atoms with Crippen LogP contribution in [0, 0.1) is 11.8 Å². The summed E-state index contributed by atoms with van der Waals surface area (Å²) in [5, 5.41) is 0. The number of anilines is 4. The molecule has 2 atom stereocenters. The summed E-state index contributed by atoms with van der Waals surface area (Å²) in [6.07, 6.45) is 18.8. The number of nitrogens with zero attached hydrogens (tertiary/aromatic N) is 2. The summed E-state index contributed by atoms with van der Waals surface area (Å²) in [5.74, 6) is 0.437. The van der Waals surface area contributed by atoms with Crippen LogP contribution in [-0.4, -0.2) is 0 Å². The normalized spacial score (nSPS) is 19.2. The Hall–Kier alpha value is -5.34. The van der Waals surface area contributed by atoms with Crippen LogP contribution in [-0.2, 0) is 10.8 Å². The molecular weight excluding hydrogens is 605 g/mol. The molecule has 2 unspecified atom stereocenters. The van der Waals surface area contributed by atoms with Gasteiger partial charge in [0.15, 0.2) is 0 Å². The van der Waals surface area contributed by atoms with Crippen LogP contribution in [0.1, 0.15) is 52.7 Å². The Labute approximate surface area is 298 Å². The van der Waals surface area contributed by atoms with Crippen LogP contribution in [0.4, 0.5) is 22.7 Å². The van der Waals surface area contributed by atoms with Gasteiger partial charge in [-0.3, -0.25) is 0 Å². The maximum absolute atomic E-state index is 2.44. The number of hydrogen-bond acceptors (Lipinski definition) is 2. The quantitative estimate of drug-likeness (QED) is 0.205. The maximum Gasteiger partial charge on any atom is 0.0500 e. The van der Waals surface area contributed by atoms with E-state index < -0.39 is 0 Å². The van der Waals surface area contributed by atoms with Crippen LogP contribution in [0.5, 0.6) is 0 Å². The van der Waals surface area contributed by atoms with Crippen molar-refractivity contribution in [1.29, 1.82) is 0 Å². The summed E-state index contributed by atoms with van der Waals surface area (Å²) in [6.45, 7) is 13.7. The Morgan fingerprint density at radius 2 is 0.880 bits per heavy atom. The summed E-state index contributed by atoms with van der Waals surface area (Å²) in [5.41, 5.74) is 15.4. The molecule has 0 amide bonds. The Bertz CT molecular complexity index is 2140. The molecule has 8 rings (SSSR count). The molecule has 0 fully saturated rings. The van der Waals surface area contributed by atoms with Gasteiger partial charge in [0.1, 0.15) is 0 Å². The third kappa shape index (κ3) is 5.63. The van der Waals surface area contributed by atoms with Gasteiger partial charge in [-0.1, -0.05) is 139 Å². The first-order valence-corrected chi connectivity index (χ1v) is 17.9. The van der Waals surface area contributed by atoms with E-state index in [4.69, 9.17) is 0 Å². The minimum absolute atomic E-state index is 0.0938. The molecule has 50 heavy (non-hydrogen) atoms. The van der Waals surface area contributed by atoms with Crippen LogP contribution >= 0.6 is 0 Å². The Morgan fingerprint density at radius 1 is 0.420 bits per heavy atom. The van der Waals surface area contributed by atoms with Gasteiger partial charge < -0.3 is 9.80 Å². The zero-order valence-electron chi connectivity index (χ0n) is 30.1. The monoisotopic (exact) mass is 650 g/mol. The Kier molecular flexibility index (Phi) is 7.79. The lowest BCUT2D eigenvalue weighted by Gasteiger charge is -2.45. The molecule has 0 N–H and O–H groups in total. The Balaban J connectivity index is 1.24. The zero-order chi connectivity index (χ0) is 34.6. The second-order valence-corrected chi connectivity index (χ2v) is 15.9. The number of para-hydroxylation sites is 2. The van der Waals surface area contributed by atoms with E-state index in [1.807, 2.05) is 0 Å². The minimum Gasteiger partial charge on any atom is -0.310 e. The van der Waals surface area contributed by atoms with Crippen molar-refractivity contribution in [2.45, 2.75) is 52.4 Å². The molecule has 248 valence electrons. The standard InChI is InChI=1S/C48H46N2/c1-47(2,3)35-21-25-39(26-22-35)49(37-13-9-7-10-14-37)43-31-19-33-18-30-42-44(32-20-34-17-29-41(43)45(33)46(34)42)50(38-15-11-8-12-16-38)40-27-23-36(24-28-40)48(4,5)6/h7-32,45-46H,1-6H3. The lowest BCUT2D eigenvalue weighted by molar-refractivity contribution is 0.551. The van der Waals surface area contributed by atoms with Gasteiger partial charge >= 0.3 is 0 Å². The average molecular weight is 651 g/mol. The molecule has 2 nitrogen and oxygen atoms in total. The fourth-order valence-corrected chi connectivity index (χ4v) is 7.88. The highest BCUT2D eigenvalue weighted by Crippen LogP contribution is 2.54. The summed E-state index contributed by atoms with van der Waals surface area (Å²) in [4.78, 5) is 4.89. The van der Waals surface area contributed by atoms with Gasteiger partial charge in [0, 0.05) is 46.0 Å². The van der Waals surface area contributed by atoms with Crippen molar-refractivity contribution in [2.24, 2.45) is 11.8 Å². The van der Waals surface area contributed by atoms with E-state index in [-0.39, 0.29) is 22.7 Å². The van der Waals surface area contributed by atoms with E-state index in [1.54, 1.807) is 0 Å². The van der Waals surface area contributed by atoms with E-state index >= 15 is 0 Å². The molecular formula is C48H46N2. The highest BCUT2D eigenvalue weighted by atomic mass is 15.2. The predicted molar refractivity (Wildman–Crippen MR) is 212 cm³/mol. The molecule has 2 heteroatoms. The van der Waals surface area contributed by atoms with E-state index in [1.165, 1.54) is 56.2 Å². The van der Waals surface area contributed by atoms with E-state index in [2.05, 4.69) is 209 Å². The molecule has 0 saturated carbocycles. The summed E-state index contributed by atoms with van der Waals surface area (Å²) in [7, 11) is 0. The SMILES string of the molecule is CC(C)(C)c1ccc(N(C2=CC=C3C=CC4=C(N(c5ccccc5)c5ccc(C(C)(C)C)cc5)C=CC5=CC=C2C3C54)c2ccccc2)cc1. The van der Waals surface area contributed by atoms with Crippen LogP contribution < -0.4 is 9.80 Å². The van der Waals surface area contributed by atoms with Crippen molar-refractivity contribution < 1.29 is 0 Å². The van der Waals surface area contributed by atoms with Crippen molar-refractivity contribution in [2.75, 3.05) is 9.80 Å². The molecule has 4 aliphatic carbocycles. The number of benzene rings is 4. The molecule has 0 bridgehead atoms. The van der Waals surface area contributed by atoms with Gasteiger partial charge in [-0.2, -0.15) is 0 Å². The zero-order valence-corrected chi connectivity index (χ0v) is 30.1. The molecule has 4 aromatic carbocycles. The van der Waals surface area contributed by atoms with E-state index in [9.17, 15) is 0 Å². The van der Waals surface area contributed by atoms with Crippen LogP contribution in [0.15, 0.2) is 191 Å². The number of rotatable bonds is 6. The molecule has 0 spiro atoms. The smallest absolute Gasteiger partial charge is 0.0500 e. The van der Waals surface area contributed by atoms with Crippen molar-refractivity contribution in [3.05, 3.63) is 203 Å². The highest BCUT2D eigenvalue weighted by molar-refractivity contribution is 5.78. The lowest BCUT2D eigenvalue weighted by atomic mass is 9.63. The van der Waals surface area contributed by atoms with Gasteiger partial charge in [-0.15, -0.1) is 0 Å². The first-order valence-electron chi connectivity index (χ1n) is 17.9. The number of allylic oxidation sites excluding steroid dienone is 12. The van der Waals surface area contributed by atoms with Crippen molar-refractivity contribution in [1.82, 2.24) is 0 Å². The topological polar surface area (TPSA) is 6.48 Å². The maximum atomic E-state index is 2.44. The third-order valence-electron chi connectivity index (χ3n) is 10.6. The molecule has 0 heterocycles. The summed E-state index contributed by atoms with van der Waals surface area (Å²) in [6, 6.07) is 39.9. The number of hydrogen-bond donors (Lipinski definition) is 0. The van der Waals surface area contributed by atoms with E-state index in [0.717, 1.165) is 11.4 Å². The second kappa shape index (κ2) is 12.2. The van der Waals surface area contributed by atoms with Gasteiger partial charge in [0.25, 0.3) is 0 Å². The van der Waals surface area contributed by atoms with Gasteiger partial charge in [-0.05, 0) is 105 Å². The van der Waals surface area contributed by atoms with Gasteiger partial charge in [0.05, 0.1) is 0 Å². The van der Waals surface area contributed by atoms with Crippen molar-refractivity contribution in [3.8, 4) is 0 Å². The fraction of sp³-hybridized carbons (Fsp3) is 0.208. The van der Waals surface area contributed by atoms with Gasteiger partial charge in [0.2, 0.25) is 0 Å².